The van der Waals surface area contributed by atoms with Crippen LogP contribution in [0.1, 0.15) is 76.5 Å². The van der Waals surface area contributed by atoms with Crippen LogP contribution < -0.4 is 21.3 Å². The van der Waals surface area contributed by atoms with E-state index in [-0.39, 0.29) is 38.0 Å². The highest BCUT2D eigenvalue weighted by Crippen LogP contribution is 2.37. The lowest BCUT2D eigenvalue weighted by atomic mass is 9.88. The summed E-state index contributed by atoms with van der Waals surface area (Å²) in [4.78, 5) is 27.2. The zero-order valence-corrected chi connectivity index (χ0v) is 26.7. The molecule has 1 unspecified atom stereocenters. The van der Waals surface area contributed by atoms with Crippen molar-refractivity contribution in [2.24, 2.45) is 11.3 Å². The normalized spacial score (nSPS) is 15.5. The molecular weight excluding hydrogens is 532 g/mol. The van der Waals surface area contributed by atoms with Crippen LogP contribution in [0.3, 0.4) is 0 Å². The molecule has 1 aliphatic heterocycles. The number of rotatable bonds is 4. The summed E-state index contributed by atoms with van der Waals surface area (Å²) in [6.45, 7) is 18.5. The Bertz CT molecular complexity index is 1950. The number of ether oxygens (including phenoxy) is 1. The highest BCUT2D eigenvalue weighted by atomic mass is 16.5. The van der Waals surface area contributed by atoms with Crippen molar-refractivity contribution in [3.8, 4) is 11.3 Å². The van der Waals surface area contributed by atoms with E-state index in [1.165, 1.54) is 0 Å². The molecule has 0 N–H and O–H groups in total. The predicted molar refractivity (Wildman–Crippen MR) is 177 cm³/mol. The molecule has 4 aromatic rings. The Balaban J connectivity index is 1.65. The van der Waals surface area contributed by atoms with Crippen LogP contribution in [0.4, 0.5) is 0 Å². The molecule has 0 amide bonds. The second kappa shape index (κ2) is 11.1. The molecular formula is C39H41O4+. The van der Waals surface area contributed by atoms with Crippen LogP contribution >= 0.6 is 0 Å². The first-order valence-electron chi connectivity index (χ1n) is 14.9. The summed E-state index contributed by atoms with van der Waals surface area (Å²) >= 11 is 0. The van der Waals surface area contributed by atoms with Gasteiger partial charge in [0.1, 0.15) is 11.5 Å². The van der Waals surface area contributed by atoms with E-state index in [1.807, 2.05) is 93.6 Å². The Kier molecular flexibility index (Phi) is 7.77. The minimum absolute atomic E-state index is 0.221. The molecule has 5 rings (SSSR count). The average molecular weight is 574 g/mol. The van der Waals surface area contributed by atoms with Gasteiger partial charge in [-0.25, -0.2) is 4.42 Å². The van der Waals surface area contributed by atoms with Gasteiger partial charge in [-0.1, -0.05) is 69.3 Å². The van der Waals surface area contributed by atoms with Gasteiger partial charge >= 0.3 is 11.5 Å². The van der Waals surface area contributed by atoms with E-state index in [0.29, 0.717) is 11.3 Å². The molecule has 0 radical (unpaired) electrons. The Morgan fingerprint density at radius 3 is 1.93 bits per heavy atom. The molecule has 43 heavy (non-hydrogen) atoms. The molecule has 3 aromatic carbocycles. The molecule has 220 valence electrons. The lowest BCUT2D eigenvalue weighted by Gasteiger charge is -2.29. The Morgan fingerprint density at radius 2 is 1.37 bits per heavy atom. The SMILES string of the molecule is CC(c1cc(-c2ccccc2C)[o+]c(C(C)(C)C)c1)=c1c(=O)c(=CC2C=C(c3ccccc3C)OC(C(C)(C)C)=C2)c1=O. The van der Waals surface area contributed by atoms with Crippen LogP contribution in [0.5, 0.6) is 0 Å². The lowest BCUT2D eigenvalue weighted by molar-refractivity contribution is 0.257. The number of benzene rings is 2. The maximum atomic E-state index is 13.6. The van der Waals surface area contributed by atoms with Crippen molar-refractivity contribution in [2.45, 2.75) is 67.7 Å². The molecule has 0 saturated carbocycles. The summed E-state index contributed by atoms with van der Waals surface area (Å²) in [5, 5.41) is 0.463. The number of allylic oxidation sites excluding steroid dienone is 3. The van der Waals surface area contributed by atoms with Crippen LogP contribution in [0.2, 0.25) is 0 Å². The third-order valence-electron chi connectivity index (χ3n) is 8.11. The zero-order valence-electron chi connectivity index (χ0n) is 26.7. The van der Waals surface area contributed by atoms with Gasteiger partial charge in [0.05, 0.1) is 27.5 Å². The van der Waals surface area contributed by atoms with Crippen LogP contribution in [0, 0.1) is 25.2 Å². The maximum Gasteiger partial charge on any atom is 0.361 e. The molecule has 4 heteroatoms. The van der Waals surface area contributed by atoms with Crippen molar-refractivity contribution in [1.29, 1.82) is 0 Å². The molecule has 0 saturated heterocycles. The summed E-state index contributed by atoms with van der Waals surface area (Å²) in [5.74, 6) is 2.80. The quantitative estimate of drug-likeness (QED) is 0.240. The first-order valence-corrected chi connectivity index (χ1v) is 14.9. The van der Waals surface area contributed by atoms with Crippen molar-refractivity contribution in [3.05, 3.63) is 137 Å². The minimum atomic E-state index is -0.265. The third-order valence-corrected chi connectivity index (χ3v) is 8.11. The smallest absolute Gasteiger partial charge is 0.361 e. The van der Waals surface area contributed by atoms with Crippen molar-refractivity contribution in [1.82, 2.24) is 0 Å². The molecule has 1 atom stereocenters. The molecule has 4 nitrogen and oxygen atoms in total. The van der Waals surface area contributed by atoms with Crippen LogP contribution in [-0.2, 0) is 10.2 Å². The van der Waals surface area contributed by atoms with Gasteiger partial charge in [-0.05, 0) is 82.0 Å². The molecule has 0 spiro atoms. The standard InChI is InChI=1S/C39H41O4/c1-23-14-10-12-16-28(23)31-19-26(20-33(42-31)38(4,5)6)18-30-36(40)35(37(30)41)25(3)27-21-32(29-17-13-11-15-24(29)2)43-34(22-27)39(7,8)9/h10-22,26H,1-9H3/q+1. The van der Waals surface area contributed by atoms with Crippen molar-refractivity contribution in [3.63, 3.8) is 0 Å². The highest BCUT2D eigenvalue weighted by Gasteiger charge is 2.31. The predicted octanol–water partition coefficient (Wildman–Crippen LogP) is 7.35. The second-order valence-corrected chi connectivity index (χ2v) is 13.7. The van der Waals surface area contributed by atoms with E-state index >= 15 is 0 Å². The highest BCUT2D eigenvalue weighted by molar-refractivity contribution is 5.71. The Morgan fingerprint density at radius 1 is 0.791 bits per heavy atom. The second-order valence-electron chi connectivity index (χ2n) is 13.7. The first-order chi connectivity index (χ1) is 20.1. The lowest BCUT2D eigenvalue weighted by Crippen LogP contribution is -2.65. The minimum Gasteiger partial charge on any atom is -0.461 e. The zero-order chi connectivity index (χ0) is 31.3. The van der Waals surface area contributed by atoms with Crippen LogP contribution in [0.25, 0.3) is 28.7 Å². The van der Waals surface area contributed by atoms with Gasteiger partial charge in [0.25, 0.3) is 0 Å². The van der Waals surface area contributed by atoms with E-state index < -0.39 is 0 Å². The third kappa shape index (κ3) is 5.97. The fourth-order valence-electron chi connectivity index (χ4n) is 5.39. The van der Waals surface area contributed by atoms with Crippen molar-refractivity contribution in [2.75, 3.05) is 0 Å². The fourth-order valence-corrected chi connectivity index (χ4v) is 5.39. The first kappa shape index (κ1) is 30.2. The molecule has 0 aliphatic carbocycles. The number of aryl methyl sites for hydroxylation is 2. The molecule has 0 bridgehead atoms. The maximum absolute atomic E-state index is 13.6. The topological polar surface area (TPSA) is 54.7 Å². The molecule has 2 heterocycles. The van der Waals surface area contributed by atoms with E-state index in [9.17, 15) is 9.59 Å². The molecule has 0 fully saturated rings. The van der Waals surface area contributed by atoms with Gasteiger partial charge in [-0.15, -0.1) is 0 Å². The van der Waals surface area contributed by atoms with Gasteiger partial charge in [-0.3, -0.25) is 9.59 Å². The summed E-state index contributed by atoms with van der Waals surface area (Å²) < 4.78 is 12.7. The van der Waals surface area contributed by atoms with Crippen molar-refractivity contribution < 1.29 is 9.15 Å². The number of hydrogen-bond donors (Lipinski definition) is 0. The summed E-state index contributed by atoms with van der Waals surface area (Å²) in [6, 6.07) is 20.0. The van der Waals surface area contributed by atoms with Crippen LogP contribution in [-0.4, -0.2) is 0 Å². The molecule has 1 aromatic heterocycles. The van der Waals surface area contributed by atoms with Gasteiger partial charge in [0.15, 0.2) is 0 Å². The average Bonchev–Trinajstić information content (AvgIpc) is 2.95. The summed E-state index contributed by atoms with van der Waals surface area (Å²) in [7, 11) is 0. The van der Waals surface area contributed by atoms with E-state index in [0.717, 1.165) is 45.1 Å². The van der Waals surface area contributed by atoms with Gasteiger partial charge < -0.3 is 4.74 Å². The van der Waals surface area contributed by atoms with Crippen molar-refractivity contribution >= 4 is 17.4 Å². The largest absolute Gasteiger partial charge is 0.461 e. The Labute approximate surface area is 254 Å². The van der Waals surface area contributed by atoms with Gasteiger partial charge in [-0.2, -0.15) is 0 Å². The summed E-state index contributed by atoms with van der Waals surface area (Å²) in [5.41, 5.74) is 4.69. The van der Waals surface area contributed by atoms with E-state index in [1.54, 1.807) is 6.08 Å². The van der Waals surface area contributed by atoms with E-state index in [4.69, 9.17) is 9.15 Å². The number of hydrogen-bond acceptors (Lipinski definition) is 3. The van der Waals surface area contributed by atoms with Crippen LogP contribution in [0.15, 0.2) is 92.6 Å². The van der Waals surface area contributed by atoms with E-state index in [2.05, 4.69) is 41.5 Å². The summed E-state index contributed by atoms with van der Waals surface area (Å²) in [6.07, 6.45) is 5.78. The van der Waals surface area contributed by atoms with Gasteiger partial charge in [0.2, 0.25) is 10.9 Å². The van der Waals surface area contributed by atoms with Gasteiger partial charge in [0, 0.05) is 23.0 Å². The fraction of sp³-hybridized carbons (Fsp3) is 0.308. The Hall–Kier alpha value is -4.31. The molecule has 1 aliphatic rings. The monoisotopic (exact) mass is 573 g/mol.